The Morgan fingerprint density at radius 2 is 1.56 bits per heavy atom. The van der Waals surface area contributed by atoms with Crippen molar-refractivity contribution in [2.45, 2.75) is 19.8 Å². The van der Waals surface area contributed by atoms with Crippen LogP contribution < -0.4 is 19.5 Å². The quantitative estimate of drug-likeness (QED) is 0.318. The highest BCUT2D eigenvalue weighted by atomic mass is 16.5. The van der Waals surface area contributed by atoms with E-state index in [0.717, 1.165) is 58.7 Å². The molecule has 0 saturated carbocycles. The van der Waals surface area contributed by atoms with Crippen molar-refractivity contribution in [1.82, 2.24) is 10.2 Å². The molecule has 0 aliphatic heterocycles. The van der Waals surface area contributed by atoms with E-state index in [-0.39, 0.29) is 0 Å². The molecule has 4 rings (SSSR count). The smallest absolute Gasteiger partial charge is 0.161 e. The van der Waals surface area contributed by atoms with Gasteiger partial charge in [-0.05, 0) is 42.8 Å². The standard InChI is InChI=1S/C26H27N3O3/c1-4-5-16-32-19-12-10-18(11-13-19)25-21-8-6-7-9-22(21)26(29-28-25)27-23-17-20(30-2)14-15-24(23)31-3/h6-15,17H,4-5,16H2,1-3H3,(H,27,29). The third-order valence-electron chi connectivity index (χ3n) is 5.24. The fraction of sp³-hybridized carbons (Fsp3) is 0.231. The molecule has 0 spiro atoms. The second-order valence-corrected chi connectivity index (χ2v) is 7.36. The molecule has 0 amide bonds. The zero-order valence-corrected chi connectivity index (χ0v) is 18.6. The maximum atomic E-state index is 5.78. The second kappa shape index (κ2) is 10.0. The van der Waals surface area contributed by atoms with Crippen LogP contribution in [-0.4, -0.2) is 31.0 Å². The first-order chi connectivity index (χ1) is 15.7. The van der Waals surface area contributed by atoms with E-state index in [4.69, 9.17) is 14.2 Å². The minimum Gasteiger partial charge on any atom is -0.497 e. The third kappa shape index (κ3) is 4.59. The summed E-state index contributed by atoms with van der Waals surface area (Å²) in [6, 6.07) is 21.7. The van der Waals surface area contributed by atoms with E-state index in [2.05, 4.69) is 28.5 Å². The van der Waals surface area contributed by atoms with Gasteiger partial charge in [0, 0.05) is 22.4 Å². The average Bonchev–Trinajstić information content (AvgIpc) is 2.85. The third-order valence-corrected chi connectivity index (χ3v) is 5.24. The van der Waals surface area contributed by atoms with Crippen LogP contribution in [0.2, 0.25) is 0 Å². The number of unbranched alkanes of at least 4 members (excludes halogenated alkanes) is 1. The monoisotopic (exact) mass is 429 g/mol. The predicted octanol–water partition coefficient (Wildman–Crippen LogP) is 6.24. The maximum absolute atomic E-state index is 5.78. The van der Waals surface area contributed by atoms with Crippen molar-refractivity contribution in [1.29, 1.82) is 0 Å². The van der Waals surface area contributed by atoms with Gasteiger partial charge in [-0.3, -0.25) is 0 Å². The fourth-order valence-corrected chi connectivity index (χ4v) is 3.49. The van der Waals surface area contributed by atoms with Gasteiger partial charge < -0.3 is 19.5 Å². The first kappa shape index (κ1) is 21.4. The molecule has 6 nitrogen and oxygen atoms in total. The van der Waals surface area contributed by atoms with Gasteiger partial charge in [-0.25, -0.2) is 0 Å². The summed E-state index contributed by atoms with van der Waals surface area (Å²) in [6.07, 6.45) is 2.16. The van der Waals surface area contributed by atoms with Crippen LogP contribution >= 0.6 is 0 Å². The summed E-state index contributed by atoms with van der Waals surface area (Å²) in [5.41, 5.74) is 2.57. The summed E-state index contributed by atoms with van der Waals surface area (Å²) in [6.45, 7) is 2.88. The van der Waals surface area contributed by atoms with Gasteiger partial charge in [0.1, 0.15) is 22.9 Å². The van der Waals surface area contributed by atoms with Gasteiger partial charge in [-0.2, -0.15) is 0 Å². The molecular formula is C26H27N3O3. The SMILES string of the molecule is CCCCOc1ccc(-c2nnc(Nc3cc(OC)ccc3OC)c3ccccc23)cc1. The number of nitrogens with zero attached hydrogens (tertiary/aromatic N) is 2. The van der Waals surface area contributed by atoms with Gasteiger partial charge in [0.25, 0.3) is 0 Å². The molecule has 0 unspecified atom stereocenters. The van der Waals surface area contributed by atoms with Gasteiger partial charge in [0.15, 0.2) is 5.82 Å². The largest absolute Gasteiger partial charge is 0.497 e. The molecule has 0 atom stereocenters. The van der Waals surface area contributed by atoms with Crippen LogP contribution in [0.3, 0.4) is 0 Å². The van der Waals surface area contributed by atoms with Gasteiger partial charge in [-0.1, -0.05) is 37.6 Å². The van der Waals surface area contributed by atoms with E-state index in [1.54, 1.807) is 14.2 Å². The molecule has 4 aromatic rings. The van der Waals surface area contributed by atoms with Crippen LogP contribution in [0.25, 0.3) is 22.0 Å². The lowest BCUT2D eigenvalue weighted by atomic mass is 10.0. The Hall–Kier alpha value is -3.80. The molecule has 1 N–H and O–H groups in total. The minimum absolute atomic E-state index is 0.649. The molecule has 164 valence electrons. The Morgan fingerprint density at radius 3 is 2.28 bits per heavy atom. The highest BCUT2D eigenvalue weighted by Crippen LogP contribution is 2.35. The summed E-state index contributed by atoms with van der Waals surface area (Å²) in [4.78, 5) is 0. The first-order valence-corrected chi connectivity index (χ1v) is 10.7. The van der Waals surface area contributed by atoms with Crippen LogP contribution in [0.5, 0.6) is 17.2 Å². The van der Waals surface area contributed by atoms with Crippen LogP contribution in [0.1, 0.15) is 19.8 Å². The minimum atomic E-state index is 0.649. The van der Waals surface area contributed by atoms with Crippen molar-refractivity contribution in [3.63, 3.8) is 0 Å². The summed E-state index contributed by atoms with van der Waals surface area (Å²) < 4.78 is 16.6. The van der Waals surface area contributed by atoms with E-state index in [9.17, 15) is 0 Å². The average molecular weight is 430 g/mol. The number of fused-ring (bicyclic) bond motifs is 1. The Balaban J connectivity index is 1.68. The van der Waals surface area contributed by atoms with Gasteiger partial charge in [-0.15, -0.1) is 10.2 Å². The molecule has 0 bridgehead atoms. The lowest BCUT2D eigenvalue weighted by Gasteiger charge is -2.14. The van der Waals surface area contributed by atoms with E-state index >= 15 is 0 Å². The van der Waals surface area contributed by atoms with Gasteiger partial charge >= 0.3 is 0 Å². The summed E-state index contributed by atoms with van der Waals surface area (Å²) >= 11 is 0. The van der Waals surface area contributed by atoms with Crippen molar-refractivity contribution in [3.8, 4) is 28.5 Å². The topological polar surface area (TPSA) is 65.5 Å². The number of benzene rings is 3. The number of anilines is 2. The van der Waals surface area contributed by atoms with Crippen molar-refractivity contribution in [2.75, 3.05) is 26.1 Å². The fourth-order valence-electron chi connectivity index (χ4n) is 3.49. The molecule has 0 radical (unpaired) electrons. The van der Waals surface area contributed by atoms with Crippen LogP contribution in [0.4, 0.5) is 11.5 Å². The molecule has 1 heterocycles. The molecule has 0 aliphatic rings. The molecule has 32 heavy (non-hydrogen) atoms. The number of rotatable bonds is 9. The predicted molar refractivity (Wildman–Crippen MR) is 128 cm³/mol. The van der Waals surface area contributed by atoms with Crippen LogP contribution in [0.15, 0.2) is 66.7 Å². The van der Waals surface area contributed by atoms with Crippen molar-refractivity contribution < 1.29 is 14.2 Å². The molecule has 1 aromatic heterocycles. The summed E-state index contributed by atoms with van der Waals surface area (Å²) in [7, 11) is 3.27. The molecule has 0 saturated heterocycles. The molecule has 0 aliphatic carbocycles. The Kier molecular flexibility index (Phi) is 6.70. The Bertz CT molecular complexity index is 1190. The number of methoxy groups -OCH3 is 2. The van der Waals surface area contributed by atoms with E-state index < -0.39 is 0 Å². The number of nitrogens with one attached hydrogen (secondary N) is 1. The second-order valence-electron chi connectivity index (χ2n) is 7.36. The van der Waals surface area contributed by atoms with E-state index in [1.165, 1.54) is 0 Å². The lowest BCUT2D eigenvalue weighted by Crippen LogP contribution is -2.01. The molecule has 3 aromatic carbocycles. The highest BCUT2D eigenvalue weighted by Gasteiger charge is 2.13. The van der Waals surface area contributed by atoms with Gasteiger partial charge in [0.05, 0.1) is 26.5 Å². The van der Waals surface area contributed by atoms with Crippen molar-refractivity contribution in [3.05, 3.63) is 66.7 Å². The zero-order chi connectivity index (χ0) is 22.3. The van der Waals surface area contributed by atoms with E-state index in [1.807, 2.05) is 60.7 Å². The van der Waals surface area contributed by atoms with Crippen LogP contribution in [0, 0.1) is 0 Å². The van der Waals surface area contributed by atoms with Crippen LogP contribution in [-0.2, 0) is 0 Å². The van der Waals surface area contributed by atoms with E-state index in [0.29, 0.717) is 11.6 Å². The molecule has 0 fully saturated rings. The van der Waals surface area contributed by atoms with Crippen molar-refractivity contribution in [2.24, 2.45) is 0 Å². The normalized spacial score (nSPS) is 10.7. The molecular weight excluding hydrogens is 402 g/mol. The zero-order valence-electron chi connectivity index (χ0n) is 18.6. The summed E-state index contributed by atoms with van der Waals surface area (Å²) in [5.74, 6) is 2.93. The number of hydrogen-bond donors (Lipinski definition) is 1. The lowest BCUT2D eigenvalue weighted by molar-refractivity contribution is 0.309. The van der Waals surface area contributed by atoms with Gasteiger partial charge in [0.2, 0.25) is 0 Å². The number of hydrogen-bond acceptors (Lipinski definition) is 6. The maximum Gasteiger partial charge on any atom is 0.161 e. The highest BCUT2D eigenvalue weighted by molar-refractivity contribution is 6.01. The Morgan fingerprint density at radius 1 is 0.812 bits per heavy atom. The Labute approximate surface area is 188 Å². The first-order valence-electron chi connectivity index (χ1n) is 10.7. The van der Waals surface area contributed by atoms with Crippen molar-refractivity contribution >= 4 is 22.3 Å². The number of aromatic nitrogens is 2. The number of ether oxygens (including phenoxy) is 3. The summed E-state index contributed by atoms with van der Waals surface area (Å²) in [5, 5.41) is 14.4. The molecule has 6 heteroatoms.